The Bertz CT molecular complexity index is 942. The molecule has 138 valence electrons. The van der Waals surface area contributed by atoms with Gasteiger partial charge in [0.25, 0.3) is 5.91 Å². The predicted molar refractivity (Wildman–Crippen MR) is 104 cm³/mol. The average molecular weight is 362 g/mol. The summed E-state index contributed by atoms with van der Waals surface area (Å²) >= 11 is 0. The molecular formula is C22H22N2O3. The van der Waals surface area contributed by atoms with Crippen LogP contribution in [0.15, 0.2) is 42.5 Å². The Kier molecular flexibility index (Phi) is 3.99. The van der Waals surface area contributed by atoms with E-state index in [1.54, 1.807) is 0 Å². The maximum atomic E-state index is 12.5. The molecule has 1 amide bonds. The molecule has 0 radical (unpaired) electrons. The van der Waals surface area contributed by atoms with Crippen LogP contribution in [0, 0.1) is 0 Å². The van der Waals surface area contributed by atoms with Crippen LogP contribution in [0.5, 0.6) is 0 Å². The summed E-state index contributed by atoms with van der Waals surface area (Å²) in [5.74, 6) is 0.579. The van der Waals surface area contributed by atoms with Crippen LogP contribution >= 0.6 is 0 Å². The van der Waals surface area contributed by atoms with E-state index in [2.05, 4.69) is 28.4 Å². The summed E-state index contributed by atoms with van der Waals surface area (Å²) < 4.78 is 5.97. The minimum Gasteiger partial charge on any atom is -0.487 e. The van der Waals surface area contributed by atoms with Gasteiger partial charge in [-0.25, -0.2) is 0 Å². The number of aliphatic hydroxyl groups excluding tert-OH is 1. The lowest BCUT2D eigenvalue weighted by molar-refractivity contribution is -0.110. The smallest absolute Gasteiger partial charge is 0.260 e. The van der Waals surface area contributed by atoms with Gasteiger partial charge in [0.1, 0.15) is 12.4 Å². The summed E-state index contributed by atoms with van der Waals surface area (Å²) in [4.78, 5) is 14.9. The Morgan fingerprint density at radius 2 is 1.93 bits per heavy atom. The first-order valence-corrected chi connectivity index (χ1v) is 9.49. The fraction of sp³-hybridized carbons (Fsp3) is 0.318. The molecule has 0 bridgehead atoms. The van der Waals surface area contributed by atoms with Crippen LogP contribution in [0.3, 0.4) is 0 Å². The SMILES string of the molecule is O=C1Nc2ccccc2/C1=C1\OCc2cc(CN3CCC(O)CC3)ccc21. The van der Waals surface area contributed by atoms with Crippen LogP contribution in [0.25, 0.3) is 11.3 Å². The highest BCUT2D eigenvalue weighted by Crippen LogP contribution is 2.41. The van der Waals surface area contributed by atoms with Gasteiger partial charge in [-0.1, -0.05) is 36.4 Å². The molecule has 0 unspecified atom stereocenters. The lowest BCUT2D eigenvalue weighted by Gasteiger charge is -2.29. The van der Waals surface area contributed by atoms with E-state index in [-0.39, 0.29) is 12.0 Å². The highest BCUT2D eigenvalue weighted by molar-refractivity contribution is 6.36. The third kappa shape index (κ3) is 2.93. The number of ether oxygens (including phenoxy) is 1. The van der Waals surface area contributed by atoms with Gasteiger partial charge in [0.15, 0.2) is 0 Å². The standard InChI is InChI=1S/C22H22N2O3/c25-16-7-9-24(10-8-16)12-14-5-6-17-15(11-14)13-27-21(17)20-18-3-1-2-4-19(18)23-22(20)26/h1-6,11,16,25H,7-10,12-13H2,(H,23,26)/b21-20+. The number of fused-ring (bicyclic) bond motifs is 2. The summed E-state index contributed by atoms with van der Waals surface area (Å²) in [7, 11) is 0. The van der Waals surface area contributed by atoms with Crippen molar-refractivity contribution in [2.24, 2.45) is 0 Å². The first-order chi connectivity index (χ1) is 13.2. The van der Waals surface area contributed by atoms with Gasteiger partial charge >= 0.3 is 0 Å². The van der Waals surface area contributed by atoms with Crippen molar-refractivity contribution in [3.8, 4) is 0 Å². The Morgan fingerprint density at radius 1 is 1.11 bits per heavy atom. The number of nitrogens with zero attached hydrogens (tertiary/aromatic N) is 1. The van der Waals surface area contributed by atoms with Crippen molar-refractivity contribution in [1.82, 2.24) is 4.90 Å². The van der Waals surface area contributed by atoms with Crippen LogP contribution in [0.1, 0.15) is 35.1 Å². The van der Waals surface area contributed by atoms with Crippen LogP contribution < -0.4 is 5.32 Å². The van der Waals surface area contributed by atoms with Crippen molar-refractivity contribution in [2.45, 2.75) is 32.1 Å². The number of rotatable bonds is 2. The van der Waals surface area contributed by atoms with Gasteiger partial charge in [0, 0.05) is 42.0 Å². The van der Waals surface area contributed by atoms with Gasteiger partial charge in [0.05, 0.1) is 11.7 Å². The second-order valence-electron chi connectivity index (χ2n) is 7.49. The maximum Gasteiger partial charge on any atom is 0.260 e. The summed E-state index contributed by atoms with van der Waals surface area (Å²) in [6, 6.07) is 14.1. The quantitative estimate of drug-likeness (QED) is 0.807. The van der Waals surface area contributed by atoms with Gasteiger partial charge < -0.3 is 15.2 Å². The number of nitrogens with one attached hydrogen (secondary N) is 1. The first-order valence-electron chi connectivity index (χ1n) is 9.49. The first kappa shape index (κ1) is 16.5. The van der Waals surface area contributed by atoms with Crippen molar-refractivity contribution in [3.05, 3.63) is 64.7 Å². The maximum absolute atomic E-state index is 12.5. The average Bonchev–Trinajstić information content (AvgIpc) is 3.23. The summed E-state index contributed by atoms with van der Waals surface area (Å²) in [6.45, 7) is 3.24. The molecule has 0 spiro atoms. The molecule has 1 fully saturated rings. The Morgan fingerprint density at radius 3 is 2.78 bits per heavy atom. The third-order valence-corrected chi connectivity index (χ3v) is 5.65. The lowest BCUT2D eigenvalue weighted by Crippen LogP contribution is -2.35. The van der Waals surface area contributed by atoms with Crippen molar-refractivity contribution >= 4 is 22.9 Å². The van der Waals surface area contributed by atoms with E-state index in [9.17, 15) is 9.90 Å². The van der Waals surface area contributed by atoms with E-state index in [1.165, 1.54) is 5.56 Å². The molecule has 0 atom stereocenters. The second-order valence-corrected chi connectivity index (χ2v) is 7.49. The fourth-order valence-electron chi connectivity index (χ4n) is 4.20. The molecule has 0 saturated carbocycles. The summed E-state index contributed by atoms with van der Waals surface area (Å²) in [5, 5.41) is 12.6. The van der Waals surface area contributed by atoms with Gasteiger partial charge in [-0.2, -0.15) is 0 Å². The normalized spacial score (nSPS) is 22.3. The van der Waals surface area contributed by atoms with Crippen molar-refractivity contribution in [1.29, 1.82) is 0 Å². The molecule has 3 heterocycles. The van der Waals surface area contributed by atoms with E-state index >= 15 is 0 Å². The van der Waals surface area contributed by atoms with Crippen LogP contribution in [-0.4, -0.2) is 35.1 Å². The molecule has 3 aliphatic rings. The number of carbonyl (C=O) groups is 1. The molecule has 5 nitrogen and oxygen atoms in total. The van der Waals surface area contributed by atoms with Crippen molar-refractivity contribution < 1.29 is 14.6 Å². The number of piperidine rings is 1. The number of para-hydroxylation sites is 1. The number of benzene rings is 2. The predicted octanol–water partition coefficient (Wildman–Crippen LogP) is 2.99. The van der Waals surface area contributed by atoms with Crippen molar-refractivity contribution in [3.63, 3.8) is 0 Å². The number of aliphatic hydroxyl groups is 1. The summed E-state index contributed by atoms with van der Waals surface area (Å²) in [6.07, 6.45) is 1.54. The molecule has 0 aliphatic carbocycles. The zero-order valence-electron chi connectivity index (χ0n) is 15.1. The molecule has 0 aromatic heterocycles. The van der Waals surface area contributed by atoms with Crippen LogP contribution in [0.2, 0.25) is 0 Å². The van der Waals surface area contributed by atoms with E-state index in [0.717, 1.165) is 54.9 Å². The molecule has 2 aromatic rings. The topological polar surface area (TPSA) is 61.8 Å². The van der Waals surface area contributed by atoms with Gasteiger partial charge in [0.2, 0.25) is 0 Å². The second kappa shape index (κ2) is 6.51. The van der Waals surface area contributed by atoms with Crippen molar-refractivity contribution in [2.75, 3.05) is 18.4 Å². The van der Waals surface area contributed by atoms with Crippen LogP contribution in [-0.2, 0) is 22.7 Å². The van der Waals surface area contributed by atoms with Gasteiger partial charge in [-0.15, -0.1) is 0 Å². The zero-order chi connectivity index (χ0) is 18.4. The Hall–Kier alpha value is -2.63. The number of carbonyl (C=O) groups excluding carboxylic acids is 1. The van der Waals surface area contributed by atoms with E-state index in [4.69, 9.17) is 4.74 Å². The van der Waals surface area contributed by atoms with Crippen LogP contribution in [0.4, 0.5) is 5.69 Å². The molecule has 2 N–H and O–H groups in total. The highest BCUT2D eigenvalue weighted by atomic mass is 16.5. The molecule has 2 aromatic carbocycles. The minimum atomic E-state index is -0.149. The van der Waals surface area contributed by atoms with E-state index < -0.39 is 0 Å². The van der Waals surface area contributed by atoms with E-state index in [1.807, 2.05) is 24.3 Å². The molecule has 1 saturated heterocycles. The molecule has 27 heavy (non-hydrogen) atoms. The lowest BCUT2D eigenvalue weighted by atomic mass is 9.98. The molecular weight excluding hydrogens is 340 g/mol. The minimum absolute atomic E-state index is 0.102. The third-order valence-electron chi connectivity index (χ3n) is 5.65. The summed E-state index contributed by atoms with van der Waals surface area (Å²) in [5.41, 5.74) is 5.75. The molecule has 5 rings (SSSR count). The fourth-order valence-corrected chi connectivity index (χ4v) is 4.20. The number of hydrogen-bond acceptors (Lipinski definition) is 4. The number of anilines is 1. The number of hydrogen-bond donors (Lipinski definition) is 2. The molecule has 5 heteroatoms. The monoisotopic (exact) mass is 362 g/mol. The Labute approximate surface area is 158 Å². The highest BCUT2D eigenvalue weighted by Gasteiger charge is 2.32. The molecule has 3 aliphatic heterocycles. The zero-order valence-corrected chi connectivity index (χ0v) is 15.1. The van der Waals surface area contributed by atoms with Gasteiger partial charge in [-0.3, -0.25) is 9.69 Å². The van der Waals surface area contributed by atoms with E-state index in [0.29, 0.717) is 17.9 Å². The largest absolute Gasteiger partial charge is 0.487 e. The number of likely N-dealkylation sites (tertiary alicyclic amines) is 1. The number of amides is 1. The van der Waals surface area contributed by atoms with Gasteiger partial charge in [-0.05, 0) is 24.5 Å². The Balaban J connectivity index is 1.44.